The molecule has 1 rings (SSSR count). The lowest BCUT2D eigenvalue weighted by atomic mass is 10.2. The highest BCUT2D eigenvalue weighted by atomic mass is 16.4. The van der Waals surface area contributed by atoms with Crippen molar-refractivity contribution in [2.45, 2.75) is 6.42 Å². The number of carboxylic acids is 2. The van der Waals surface area contributed by atoms with Gasteiger partial charge in [-0.05, 0) is 31.6 Å². The topological polar surface area (TPSA) is 99.5 Å². The van der Waals surface area contributed by atoms with Crippen molar-refractivity contribution >= 4 is 18.0 Å². The quantitative estimate of drug-likeness (QED) is 0.543. The van der Waals surface area contributed by atoms with Crippen molar-refractivity contribution < 1.29 is 19.8 Å². The maximum absolute atomic E-state index is 9.10. The van der Waals surface area contributed by atoms with Crippen LogP contribution in [0.5, 0.6) is 0 Å². The monoisotopic (exact) mass is 252 g/mol. The van der Waals surface area contributed by atoms with E-state index in [0.717, 1.165) is 18.5 Å². The minimum Gasteiger partial charge on any atom is -0.473 e. The largest absolute Gasteiger partial charge is 0.473 e. The van der Waals surface area contributed by atoms with Gasteiger partial charge in [-0.3, -0.25) is 4.98 Å². The SMILES string of the molecule is CNCC/C=C/c1cccnc1.O=C(O)C(=O)O. The van der Waals surface area contributed by atoms with Crippen LogP contribution in [0.4, 0.5) is 0 Å². The minimum atomic E-state index is -1.82. The fourth-order valence-corrected chi connectivity index (χ4v) is 0.922. The highest BCUT2D eigenvalue weighted by Gasteiger charge is 2.04. The Bertz CT molecular complexity index is 378. The lowest BCUT2D eigenvalue weighted by Gasteiger charge is -1.92. The smallest absolute Gasteiger partial charge is 0.414 e. The molecule has 0 fully saturated rings. The molecule has 0 spiro atoms. The summed E-state index contributed by atoms with van der Waals surface area (Å²) >= 11 is 0. The first-order valence-corrected chi connectivity index (χ1v) is 5.25. The Balaban J connectivity index is 0.000000411. The fourth-order valence-electron chi connectivity index (χ4n) is 0.922. The Morgan fingerprint density at radius 2 is 2.06 bits per heavy atom. The van der Waals surface area contributed by atoms with E-state index in [9.17, 15) is 0 Å². The van der Waals surface area contributed by atoms with Gasteiger partial charge in [0.1, 0.15) is 0 Å². The molecule has 1 heterocycles. The molecule has 6 nitrogen and oxygen atoms in total. The van der Waals surface area contributed by atoms with Gasteiger partial charge in [-0.15, -0.1) is 0 Å². The van der Waals surface area contributed by atoms with Crippen molar-refractivity contribution in [3.8, 4) is 0 Å². The summed E-state index contributed by atoms with van der Waals surface area (Å²) in [4.78, 5) is 22.2. The third kappa shape index (κ3) is 9.05. The summed E-state index contributed by atoms with van der Waals surface area (Å²) in [6.07, 6.45) is 8.93. The van der Waals surface area contributed by atoms with Gasteiger partial charge >= 0.3 is 11.9 Å². The summed E-state index contributed by atoms with van der Waals surface area (Å²) in [6, 6.07) is 3.99. The van der Waals surface area contributed by atoms with Crippen molar-refractivity contribution in [3.63, 3.8) is 0 Å². The second kappa shape index (κ2) is 9.98. The third-order valence-electron chi connectivity index (χ3n) is 1.74. The standard InChI is InChI=1S/C10H14N2.C2H2O4/c1-11-7-3-2-5-10-6-4-8-12-9-10;3-1(4)2(5)6/h2,4-6,8-9,11H,3,7H2,1H3;(H,3,4)(H,5,6)/b5-2+;. The zero-order chi connectivity index (χ0) is 13.8. The minimum absolute atomic E-state index is 1.02. The van der Waals surface area contributed by atoms with Crippen LogP contribution in [-0.2, 0) is 9.59 Å². The van der Waals surface area contributed by atoms with E-state index >= 15 is 0 Å². The first kappa shape index (κ1) is 15.8. The molecule has 1 aromatic heterocycles. The molecule has 0 unspecified atom stereocenters. The van der Waals surface area contributed by atoms with Crippen LogP contribution in [0, 0.1) is 0 Å². The van der Waals surface area contributed by atoms with Crippen molar-refractivity contribution in [1.82, 2.24) is 10.3 Å². The highest BCUT2D eigenvalue weighted by Crippen LogP contribution is 1.98. The summed E-state index contributed by atoms with van der Waals surface area (Å²) in [5.74, 6) is -3.65. The van der Waals surface area contributed by atoms with E-state index < -0.39 is 11.9 Å². The molecule has 98 valence electrons. The molecule has 3 N–H and O–H groups in total. The number of aliphatic carboxylic acids is 2. The first-order chi connectivity index (χ1) is 8.57. The van der Waals surface area contributed by atoms with Gasteiger partial charge in [-0.2, -0.15) is 0 Å². The van der Waals surface area contributed by atoms with Crippen LogP contribution < -0.4 is 5.32 Å². The second-order valence-electron chi connectivity index (χ2n) is 3.19. The predicted molar refractivity (Wildman–Crippen MR) is 67.1 cm³/mol. The van der Waals surface area contributed by atoms with Gasteiger partial charge in [0, 0.05) is 12.4 Å². The zero-order valence-electron chi connectivity index (χ0n) is 10.0. The molecule has 0 atom stereocenters. The number of rotatable bonds is 4. The average Bonchev–Trinajstić information content (AvgIpc) is 2.36. The number of pyridine rings is 1. The van der Waals surface area contributed by atoms with E-state index in [4.69, 9.17) is 19.8 Å². The Hall–Kier alpha value is -2.21. The number of nitrogens with zero attached hydrogens (tertiary/aromatic N) is 1. The summed E-state index contributed by atoms with van der Waals surface area (Å²) in [7, 11) is 1.96. The van der Waals surface area contributed by atoms with Crippen molar-refractivity contribution in [2.24, 2.45) is 0 Å². The number of aromatic nitrogens is 1. The lowest BCUT2D eigenvalue weighted by molar-refractivity contribution is -0.159. The van der Waals surface area contributed by atoms with Crippen LogP contribution >= 0.6 is 0 Å². The molecule has 6 heteroatoms. The number of carboxylic acid groups (broad SMARTS) is 2. The number of carbonyl (C=O) groups is 2. The van der Waals surface area contributed by atoms with Gasteiger partial charge in [-0.25, -0.2) is 9.59 Å². The van der Waals surface area contributed by atoms with E-state index in [1.807, 2.05) is 25.4 Å². The first-order valence-electron chi connectivity index (χ1n) is 5.25. The number of hydrogen-bond acceptors (Lipinski definition) is 4. The Morgan fingerprint density at radius 1 is 1.39 bits per heavy atom. The maximum atomic E-state index is 9.10. The van der Waals surface area contributed by atoms with E-state index in [2.05, 4.69) is 22.5 Å². The van der Waals surface area contributed by atoms with Crippen LogP contribution in [0.3, 0.4) is 0 Å². The Labute approximate surface area is 105 Å². The second-order valence-corrected chi connectivity index (χ2v) is 3.19. The molecule has 0 amide bonds. The molecule has 0 aromatic carbocycles. The van der Waals surface area contributed by atoms with E-state index in [0.29, 0.717) is 0 Å². The number of nitrogens with one attached hydrogen (secondary N) is 1. The predicted octanol–water partition coefficient (Wildman–Crippen LogP) is 0.860. The van der Waals surface area contributed by atoms with Crippen LogP contribution in [0.1, 0.15) is 12.0 Å². The van der Waals surface area contributed by atoms with E-state index in [1.165, 1.54) is 0 Å². The summed E-state index contributed by atoms with van der Waals surface area (Å²) < 4.78 is 0. The zero-order valence-corrected chi connectivity index (χ0v) is 10.0. The van der Waals surface area contributed by atoms with Gasteiger partial charge < -0.3 is 15.5 Å². The van der Waals surface area contributed by atoms with Crippen molar-refractivity contribution in [2.75, 3.05) is 13.6 Å². The van der Waals surface area contributed by atoms with E-state index in [-0.39, 0.29) is 0 Å². The molecule has 0 radical (unpaired) electrons. The molecule has 0 aliphatic carbocycles. The summed E-state index contributed by atoms with van der Waals surface area (Å²) in [6.45, 7) is 1.02. The van der Waals surface area contributed by atoms with Gasteiger partial charge in [0.05, 0.1) is 0 Å². The molecular weight excluding hydrogens is 236 g/mol. The van der Waals surface area contributed by atoms with Gasteiger partial charge in [0.15, 0.2) is 0 Å². The van der Waals surface area contributed by atoms with Crippen LogP contribution in [0.25, 0.3) is 6.08 Å². The molecule has 0 aliphatic rings. The lowest BCUT2D eigenvalue weighted by Crippen LogP contribution is -2.09. The summed E-state index contributed by atoms with van der Waals surface area (Å²) in [5.41, 5.74) is 1.16. The Kier molecular flexibility index (Phi) is 8.75. The van der Waals surface area contributed by atoms with Crippen molar-refractivity contribution in [1.29, 1.82) is 0 Å². The van der Waals surface area contributed by atoms with Crippen LogP contribution in [0.15, 0.2) is 30.6 Å². The highest BCUT2D eigenvalue weighted by molar-refractivity contribution is 6.27. The van der Waals surface area contributed by atoms with E-state index in [1.54, 1.807) is 6.20 Å². The van der Waals surface area contributed by atoms with Crippen LogP contribution in [0.2, 0.25) is 0 Å². The van der Waals surface area contributed by atoms with Gasteiger partial charge in [0.2, 0.25) is 0 Å². The third-order valence-corrected chi connectivity index (χ3v) is 1.74. The van der Waals surface area contributed by atoms with Gasteiger partial charge in [-0.1, -0.05) is 18.2 Å². The molecule has 1 aromatic rings. The Morgan fingerprint density at radius 3 is 2.50 bits per heavy atom. The number of hydrogen-bond donors (Lipinski definition) is 3. The van der Waals surface area contributed by atoms with Gasteiger partial charge in [0.25, 0.3) is 0 Å². The fraction of sp³-hybridized carbons (Fsp3) is 0.250. The molecule has 0 bridgehead atoms. The molecule has 0 saturated carbocycles. The van der Waals surface area contributed by atoms with Crippen molar-refractivity contribution in [3.05, 3.63) is 36.2 Å². The summed E-state index contributed by atoms with van der Waals surface area (Å²) in [5, 5.41) is 17.9. The maximum Gasteiger partial charge on any atom is 0.414 e. The molecule has 0 aliphatic heterocycles. The normalized spacial score (nSPS) is 9.61. The molecule has 18 heavy (non-hydrogen) atoms. The molecule has 0 saturated heterocycles. The van der Waals surface area contributed by atoms with Crippen LogP contribution in [-0.4, -0.2) is 40.7 Å². The average molecular weight is 252 g/mol. The molecular formula is C12H16N2O4.